The zero-order valence-electron chi connectivity index (χ0n) is 14.2. The van der Waals surface area contributed by atoms with Gasteiger partial charge in [0.15, 0.2) is 9.84 Å². The predicted molar refractivity (Wildman–Crippen MR) is 87.4 cm³/mol. The fourth-order valence-electron chi connectivity index (χ4n) is 3.49. The zero-order valence-corrected chi connectivity index (χ0v) is 15.0. The number of hydrogen-bond donors (Lipinski definition) is 0. The van der Waals surface area contributed by atoms with Crippen molar-refractivity contribution in [3.05, 3.63) is 17.0 Å². The third-order valence-electron chi connectivity index (χ3n) is 4.90. The summed E-state index contributed by atoms with van der Waals surface area (Å²) in [5.74, 6) is 0.754. The Kier molecular flexibility index (Phi) is 4.96. The Hall–Kier alpha value is -1.41. The molecule has 0 spiro atoms. The summed E-state index contributed by atoms with van der Waals surface area (Å²) in [4.78, 5) is 14.6. The van der Waals surface area contributed by atoms with Crippen LogP contribution in [0.3, 0.4) is 0 Å². The Morgan fingerprint density at radius 1 is 1.33 bits per heavy atom. The summed E-state index contributed by atoms with van der Waals surface area (Å²) in [5, 5.41) is 3.89. The third-order valence-corrected chi connectivity index (χ3v) is 6.65. The Balaban J connectivity index is 1.76. The van der Waals surface area contributed by atoms with Gasteiger partial charge in [-0.15, -0.1) is 0 Å². The summed E-state index contributed by atoms with van der Waals surface area (Å²) in [6.45, 7) is 4.76. The standard InChI is InChI=1S/C16H24N2O5S/c1-11-15(12(2)23-17-11)8-16(19)18(9-14-4-3-6-22-14)13-5-7-24(20,21)10-13/h13-14H,3-10H2,1-2H3/t13-,14-/m0/s1. The summed E-state index contributed by atoms with van der Waals surface area (Å²) >= 11 is 0. The molecule has 2 saturated heterocycles. The van der Waals surface area contributed by atoms with E-state index in [1.165, 1.54) is 0 Å². The monoisotopic (exact) mass is 356 g/mol. The lowest BCUT2D eigenvalue weighted by Gasteiger charge is -2.30. The molecule has 1 aromatic heterocycles. The summed E-state index contributed by atoms with van der Waals surface area (Å²) in [7, 11) is -3.05. The second kappa shape index (κ2) is 6.84. The molecule has 3 rings (SSSR count). The molecule has 0 radical (unpaired) electrons. The molecule has 7 nitrogen and oxygen atoms in total. The van der Waals surface area contributed by atoms with Crippen molar-refractivity contribution in [2.45, 2.75) is 51.7 Å². The number of carbonyl (C=O) groups excluding carboxylic acids is 1. The molecule has 134 valence electrons. The van der Waals surface area contributed by atoms with Crippen LogP contribution < -0.4 is 0 Å². The summed E-state index contributed by atoms with van der Waals surface area (Å²) in [6.07, 6.45) is 2.59. The normalized spacial score (nSPS) is 25.9. The van der Waals surface area contributed by atoms with Crippen molar-refractivity contribution in [2.24, 2.45) is 0 Å². The minimum Gasteiger partial charge on any atom is -0.376 e. The largest absolute Gasteiger partial charge is 0.376 e. The molecule has 1 aromatic rings. The van der Waals surface area contributed by atoms with Crippen molar-refractivity contribution >= 4 is 15.7 Å². The Morgan fingerprint density at radius 3 is 2.67 bits per heavy atom. The molecule has 2 atom stereocenters. The number of aryl methyl sites for hydroxylation is 2. The molecule has 2 fully saturated rings. The molecule has 24 heavy (non-hydrogen) atoms. The van der Waals surface area contributed by atoms with Crippen LogP contribution in [0.1, 0.15) is 36.3 Å². The summed E-state index contributed by atoms with van der Waals surface area (Å²) in [6, 6.07) is -0.257. The molecule has 3 heterocycles. The average molecular weight is 356 g/mol. The second-order valence-corrected chi connectivity index (χ2v) is 8.95. The van der Waals surface area contributed by atoms with Gasteiger partial charge in [-0.05, 0) is 33.1 Å². The fourth-order valence-corrected chi connectivity index (χ4v) is 5.22. The van der Waals surface area contributed by atoms with Gasteiger partial charge in [0, 0.05) is 24.8 Å². The van der Waals surface area contributed by atoms with Gasteiger partial charge in [-0.25, -0.2) is 8.42 Å². The maximum absolute atomic E-state index is 12.9. The molecule has 0 aromatic carbocycles. The van der Waals surface area contributed by atoms with E-state index in [0.29, 0.717) is 31.0 Å². The van der Waals surface area contributed by atoms with E-state index in [1.807, 2.05) is 6.92 Å². The lowest BCUT2D eigenvalue weighted by molar-refractivity contribution is -0.134. The molecular formula is C16H24N2O5S. The van der Waals surface area contributed by atoms with Gasteiger partial charge in [0.2, 0.25) is 5.91 Å². The molecule has 0 N–H and O–H groups in total. The highest BCUT2D eigenvalue weighted by Crippen LogP contribution is 2.23. The topological polar surface area (TPSA) is 89.7 Å². The predicted octanol–water partition coefficient (Wildman–Crippen LogP) is 1.03. The number of hydrogen-bond acceptors (Lipinski definition) is 6. The number of aromatic nitrogens is 1. The second-order valence-electron chi connectivity index (χ2n) is 6.72. The van der Waals surface area contributed by atoms with Gasteiger partial charge in [0.1, 0.15) is 5.76 Å². The minimum atomic E-state index is -3.05. The van der Waals surface area contributed by atoms with Crippen LogP contribution in [0.5, 0.6) is 0 Å². The SMILES string of the molecule is Cc1noc(C)c1CC(=O)N(C[C@@H]1CCCO1)[C@H]1CCS(=O)(=O)C1. The first-order chi connectivity index (χ1) is 11.4. The van der Waals surface area contributed by atoms with E-state index in [-0.39, 0.29) is 36.0 Å². The van der Waals surface area contributed by atoms with Gasteiger partial charge in [-0.1, -0.05) is 5.16 Å². The van der Waals surface area contributed by atoms with E-state index >= 15 is 0 Å². The van der Waals surface area contributed by atoms with Crippen LogP contribution in [0.25, 0.3) is 0 Å². The van der Waals surface area contributed by atoms with Crippen LogP contribution in [0.15, 0.2) is 4.52 Å². The van der Waals surface area contributed by atoms with Gasteiger partial charge in [-0.3, -0.25) is 4.79 Å². The molecule has 8 heteroatoms. The van der Waals surface area contributed by atoms with E-state index in [2.05, 4.69) is 5.16 Å². The van der Waals surface area contributed by atoms with Crippen LogP contribution in [0, 0.1) is 13.8 Å². The van der Waals surface area contributed by atoms with Crippen LogP contribution >= 0.6 is 0 Å². The molecular weight excluding hydrogens is 332 g/mol. The molecule has 2 aliphatic rings. The van der Waals surface area contributed by atoms with Gasteiger partial charge in [0.25, 0.3) is 0 Å². The highest BCUT2D eigenvalue weighted by atomic mass is 32.2. The van der Waals surface area contributed by atoms with Gasteiger partial charge in [0.05, 0.1) is 29.7 Å². The fraction of sp³-hybridized carbons (Fsp3) is 0.750. The van der Waals surface area contributed by atoms with Crippen molar-refractivity contribution in [1.29, 1.82) is 0 Å². The Labute approximate surface area is 142 Å². The van der Waals surface area contributed by atoms with E-state index in [4.69, 9.17) is 9.26 Å². The maximum atomic E-state index is 12.9. The van der Waals surface area contributed by atoms with Crippen molar-refractivity contribution < 1.29 is 22.5 Å². The van der Waals surface area contributed by atoms with Crippen LogP contribution in [-0.2, 0) is 25.8 Å². The highest BCUT2D eigenvalue weighted by Gasteiger charge is 2.36. The van der Waals surface area contributed by atoms with E-state index in [9.17, 15) is 13.2 Å². The van der Waals surface area contributed by atoms with Crippen molar-refractivity contribution in [1.82, 2.24) is 10.1 Å². The molecule has 2 aliphatic heterocycles. The smallest absolute Gasteiger partial charge is 0.227 e. The number of sulfone groups is 1. The van der Waals surface area contributed by atoms with E-state index in [1.54, 1.807) is 11.8 Å². The van der Waals surface area contributed by atoms with Gasteiger partial charge >= 0.3 is 0 Å². The quantitative estimate of drug-likeness (QED) is 0.783. The third kappa shape index (κ3) is 3.80. The van der Waals surface area contributed by atoms with Crippen molar-refractivity contribution in [3.63, 3.8) is 0 Å². The molecule has 0 bridgehead atoms. The van der Waals surface area contributed by atoms with Gasteiger partial charge in [-0.2, -0.15) is 0 Å². The van der Waals surface area contributed by atoms with Crippen molar-refractivity contribution in [2.75, 3.05) is 24.7 Å². The molecule has 0 saturated carbocycles. The van der Waals surface area contributed by atoms with Crippen molar-refractivity contribution in [3.8, 4) is 0 Å². The van der Waals surface area contributed by atoms with Gasteiger partial charge < -0.3 is 14.2 Å². The molecule has 0 aliphatic carbocycles. The summed E-state index contributed by atoms with van der Waals surface area (Å²) < 4.78 is 34.5. The first-order valence-electron chi connectivity index (χ1n) is 8.39. The average Bonchev–Trinajstić information content (AvgIpc) is 3.22. The number of nitrogens with zero attached hydrogens (tertiary/aromatic N) is 2. The maximum Gasteiger partial charge on any atom is 0.227 e. The van der Waals surface area contributed by atoms with Crippen LogP contribution in [0.4, 0.5) is 0 Å². The summed E-state index contributed by atoms with van der Waals surface area (Å²) in [5.41, 5.74) is 1.50. The highest BCUT2D eigenvalue weighted by molar-refractivity contribution is 7.91. The Bertz CT molecular complexity index is 687. The minimum absolute atomic E-state index is 0.00178. The number of rotatable bonds is 5. The van der Waals surface area contributed by atoms with Crippen LogP contribution in [0.2, 0.25) is 0 Å². The van der Waals surface area contributed by atoms with E-state index < -0.39 is 9.84 Å². The first-order valence-corrected chi connectivity index (χ1v) is 10.2. The zero-order chi connectivity index (χ0) is 17.3. The number of amides is 1. The molecule has 1 amide bonds. The molecule has 0 unspecified atom stereocenters. The van der Waals surface area contributed by atoms with Crippen LogP contribution in [-0.4, -0.2) is 61.2 Å². The Morgan fingerprint density at radius 2 is 2.12 bits per heavy atom. The first kappa shape index (κ1) is 17.4. The lowest BCUT2D eigenvalue weighted by atomic mass is 10.1. The lowest BCUT2D eigenvalue weighted by Crippen LogP contribution is -2.46. The number of carbonyl (C=O) groups is 1. The number of ether oxygens (including phenoxy) is 1. The van der Waals surface area contributed by atoms with E-state index in [0.717, 1.165) is 18.4 Å².